The number of ether oxygens (including phenoxy) is 2. The highest BCUT2D eigenvalue weighted by atomic mass is 35.5. The summed E-state index contributed by atoms with van der Waals surface area (Å²) in [4.78, 5) is 15.0. The van der Waals surface area contributed by atoms with Gasteiger partial charge in [0, 0.05) is 35.5 Å². The van der Waals surface area contributed by atoms with Crippen molar-refractivity contribution in [3.63, 3.8) is 0 Å². The molecule has 27 heavy (non-hydrogen) atoms. The van der Waals surface area contributed by atoms with Gasteiger partial charge in [-0.3, -0.25) is 0 Å². The molecule has 0 aliphatic carbocycles. The largest absolute Gasteiger partial charge is 0.497 e. The number of rotatable bonds is 4. The number of nitrogens with zero attached hydrogens (tertiary/aromatic N) is 1. The minimum Gasteiger partial charge on any atom is -0.497 e. The van der Waals surface area contributed by atoms with E-state index >= 15 is 0 Å². The summed E-state index contributed by atoms with van der Waals surface area (Å²) in [5.74, 6) is 1.26. The van der Waals surface area contributed by atoms with Crippen LogP contribution < -0.4 is 14.8 Å². The fraction of sp³-hybridized carbons (Fsp3) is 0.381. The van der Waals surface area contributed by atoms with Crippen LogP contribution in [-0.4, -0.2) is 31.7 Å². The van der Waals surface area contributed by atoms with Gasteiger partial charge in [-0.05, 0) is 24.5 Å². The maximum absolute atomic E-state index is 13.1. The Labute approximate surface area is 165 Å². The van der Waals surface area contributed by atoms with Crippen molar-refractivity contribution >= 4 is 23.3 Å². The number of carbonyl (C=O) groups excluding carboxylic acids is 1. The number of nitrogens with one attached hydrogen (secondary N) is 1. The van der Waals surface area contributed by atoms with Crippen molar-refractivity contribution in [1.82, 2.24) is 4.90 Å². The van der Waals surface area contributed by atoms with E-state index in [-0.39, 0.29) is 12.1 Å². The van der Waals surface area contributed by atoms with Gasteiger partial charge in [-0.2, -0.15) is 0 Å². The maximum atomic E-state index is 13.1. The molecule has 1 aliphatic rings. The van der Waals surface area contributed by atoms with Crippen LogP contribution in [0.3, 0.4) is 0 Å². The Kier molecular flexibility index (Phi) is 6.45. The van der Waals surface area contributed by atoms with E-state index in [1.54, 1.807) is 32.4 Å². The molecule has 1 fully saturated rings. The molecule has 2 aromatic carbocycles. The average molecular weight is 389 g/mol. The molecule has 0 saturated carbocycles. The van der Waals surface area contributed by atoms with Gasteiger partial charge in [0.05, 0.1) is 20.3 Å². The number of halogens is 1. The average Bonchev–Trinajstić information content (AvgIpc) is 2.94. The zero-order valence-corrected chi connectivity index (χ0v) is 16.5. The molecule has 5 nitrogen and oxygen atoms in total. The first-order valence-electron chi connectivity index (χ1n) is 9.17. The molecular weight excluding hydrogens is 364 g/mol. The van der Waals surface area contributed by atoms with E-state index in [4.69, 9.17) is 21.1 Å². The Hall–Kier alpha value is -2.40. The van der Waals surface area contributed by atoms with Gasteiger partial charge in [-0.1, -0.05) is 42.6 Å². The fourth-order valence-electron chi connectivity index (χ4n) is 3.49. The van der Waals surface area contributed by atoms with Gasteiger partial charge < -0.3 is 19.7 Å². The molecule has 3 rings (SSSR count). The second-order valence-corrected chi connectivity index (χ2v) is 7.02. The number of carbonyl (C=O) groups is 1. The van der Waals surface area contributed by atoms with Crippen molar-refractivity contribution in [2.45, 2.75) is 31.7 Å². The molecule has 0 bridgehead atoms. The Morgan fingerprint density at radius 1 is 1.07 bits per heavy atom. The summed E-state index contributed by atoms with van der Waals surface area (Å²) < 4.78 is 10.6. The third kappa shape index (κ3) is 4.66. The lowest BCUT2D eigenvalue weighted by molar-refractivity contribution is 0.189. The normalized spacial score (nSPS) is 17.1. The van der Waals surface area contributed by atoms with Gasteiger partial charge in [0.15, 0.2) is 0 Å². The highest BCUT2D eigenvalue weighted by Gasteiger charge is 2.28. The topological polar surface area (TPSA) is 50.8 Å². The van der Waals surface area contributed by atoms with Gasteiger partial charge in [0.2, 0.25) is 0 Å². The number of benzene rings is 2. The van der Waals surface area contributed by atoms with E-state index in [1.807, 2.05) is 29.2 Å². The van der Waals surface area contributed by atoms with Crippen molar-refractivity contribution in [2.75, 3.05) is 26.1 Å². The third-order valence-electron chi connectivity index (χ3n) is 4.88. The predicted octanol–water partition coefficient (Wildman–Crippen LogP) is 5.51. The monoisotopic (exact) mass is 388 g/mol. The van der Waals surface area contributed by atoms with Crippen molar-refractivity contribution < 1.29 is 14.3 Å². The van der Waals surface area contributed by atoms with Crippen LogP contribution in [0, 0.1) is 0 Å². The van der Waals surface area contributed by atoms with E-state index < -0.39 is 0 Å². The van der Waals surface area contributed by atoms with E-state index in [2.05, 4.69) is 5.32 Å². The number of urea groups is 1. The van der Waals surface area contributed by atoms with Gasteiger partial charge in [0.1, 0.15) is 11.5 Å². The number of likely N-dealkylation sites (tertiary alicyclic amines) is 1. The lowest BCUT2D eigenvalue weighted by Crippen LogP contribution is -2.38. The van der Waals surface area contributed by atoms with Crippen molar-refractivity contribution in [3.8, 4) is 11.5 Å². The quantitative estimate of drug-likeness (QED) is 0.751. The molecule has 2 amide bonds. The zero-order valence-electron chi connectivity index (χ0n) is 15.7. The highest BCUT2D eigenvalue weighted by molar-refractivity contribution is 6.31. The third-order valence-corrected chi connectivity index (χ3v) is 5.22. The number of hydrogen-bond acceptors (Lipinski definition) is 3. The van der Waals surface area contributed by atoms with E-state index in [9.17, 15) is 4.79 Å². The van der Waals surface area contributed by atoms with Crippen LogP contribution in [0.4, 0.5) is 10.5 Å². The Morgan fingerprint density at radius 3 is 2.44 bits per heavy atom. The molecule has 1 N–H and O–H groups in total. The smallest absolute Gasteiger partial charge is 0.322 e. The van der Waals surface area contributed by atoms with Crippen LogP contribution in [0.25, 0.3) is 0 Å². The van der Waals surface area contributed by atoms with Crippen molar-refractivity contribution in [3.05, 3.63) is 53.1 Å². The molecule has 2 aromatic rings. The molecule has 0 spiro atoms. The second-order valence-electron chi connectivity index (χ2n) is 6.61. The highest BCUT2D eigenvalue weighted by Crippen LogP contribution is 2.35. The van der Waals surface area contributed by atoms with Crippen LogP contribution in [0.1, 0.15) is 37.3 Å². The van der Waals surface area contributed by atoms with E-state index in [0.29, 0.717) is 28.8 Å². The SMILES string of the molecule is COc1cc(NC(=O)N2CCCCC[C@H]2c2ccccc2Cl)cc(OC)c1. The van der Waals surface area contributed by atoms with Crippen LogP contribution >= 0.6 is 11.6 Å². The van der Waals surface area contributed by atoms with Crippen molar-refractivity contribution in [2.24, 2.45) is 0 Å². The molecule has 144 valence electrons. The molecule has 1 saturated heterocycles. The molecule has 1 heterocycles. The van der Waals surface area contributed by atoms with Gasteiger partial charge in [-0.25, -0.2) is 4.79 Å². The van der Waals surface area contributed by atoms with Crippen LogP contribution in [0.2, 0.25) is 5.02 Å². The minimum absolute atomic E-state index is 0.0336. The zero-order chi connectivity index (χ0) is 19.2. The minimum atomic E-state index is -0.142. The second kappa shape index (κ2) is 9.00. The van der Waals surface area contributed by atoms with Gasteiger partial charge in [-0.15, -0.1) is 0 Å². The van der Waals surface area contributed by atoms with Crippen molar-refractivity contribution in [1.29, 1.82) is 0 Å². The summed E-state index contributed by atoms with van der Waals surface area (Å²) in [5, 5.41) is 3.69. The summed E-state index contributed by atoms with van der Waals surface area (Å²) in [6.45, 7) is 0.697. The van der Waals surface area contributed by atoms with Gasteiger partial charge in [0.25, 0.3) is 0 Å². The summed E-state index contributed by atoms with van der Waals surface area (Å²) in [6.07, 6.45) is 4.07. The van der Waals surface area contributed by atoms with Crippen LogP contribution in [-0.2, 0) is 0 Å². The Morgan fingerprint density at radius 2 is 1.78 bits per heavy atom. The Balaban J connectivity index is 1.85. The standard InChI is InChI=1S/C21H25ClN2O3/c1-26-16-12-15(13-17(14-16)27-2)23-21(25)24-11-7-3-4-10-20(24)18-8-5-6-9-19(18)22/h5-6,8-9,12-14,20H,3-4,7,10-11H2,1-2H3,(H,23,25)/t20-/m0/s1. The molecule has 0 radical (unpaired) electrons. The summed E-state index contributed by atoms with van der Waals surface area (Å²) >= 11 is 6.43. The lowest BCUT2D eigenvalue weighted by Gasteiger charge is -2.31. The first-order valence-corrected chi connectivity index (χ1v) is 9.55. The number of methoxy groups -OCH3 is 2. The first-order chi connectivity index (χ1) is 13.1. The number of amides is 2. The fourth-order valence-corrected chi connectivity index (χ4v) is 3.76. The first kappa shape index (κ1) is 19.4. The summed E-state index contributed by atoms with van der Waals surface area (Å²) in [5.41, 5.74) is 1.64. The molecule has 0 unspecified atom stereocenters. The van der Waals surface area contributed by atoms with Crippen LogP contribution in [0.15, 0.2) is 42.5 Å². The Bertz CT molecular complexity index is 774. The summed E-state index contributed by atoms with van der Waals surface area (Å²) in [7, 11) is 3.17. The molecule has 1 aliphatic heterocycles. The van der Waals surface area contributed by atoms with E-state index in [1.165, 1.54) is 0 Å². The van der Waals surface area contributed by atoms with Crippen LogP contribution in [0.5, 0.6) is 11.5 Å². The molecule has 0 aromatic heterocycles. The number of hydrogen-bond donors (Lipinski definition) is 1. The van der Waals surface area contributed by atoms with E-state index in [0.717, 1.165) is 31.2 Å². The predicted molar refractivity (Wildman–Crippen MR) is 108 cm³/mol. The molecule has 6 heteroatoms. The molecular formula is C21H25ClN2O3. The van der Waals surface area contributed by atoms with Gasteiger partial charge >= 0.3 is 6.03 Å². The summed E-state index contributed by atoms with van der Waals surface area (Å²) in [6, 6.07) is 12.9. The maximum Gasteiger partial charge on any atom is 0.322 e. The lowest BCUT2D eigenvalue weighted by atomic mass is 10.0. The number of anilines is 1. The molecule has 1 atom stereocenters.